The zero-order valence-corrected chi connectivity index (χ0v) is 16.5. The van der Waals surface area contributed by atoms with Crippen molar-refractivity contribution in [2.75, 3.05) is 0 Å². The molecule has 0 saturated carbocycles. The minimum absolute atomic E-state index is 0.370. The van der Waals surface area contributed by atoms with E-state index in [4.69, 9.17) is 26.0 Å². The van der Waals surface area contributed by atoms with Crippen LogP contribution in [0.15, 0.2) is 89.3 Å². The molecule has 0 aliphatic heterocycles. The van der Waals surface area contributed by atoms with Gasteiger partial charge in [-0.25, -0.2) is 15.0 Å². The lowest BCUT2D eigenvalue weighted by molar-refractivity contribution is 0.669. The number of benzene rings is 3. The number of nitrogens with zero attached hydrogens (tertiary/aromatic N) is 3. The SMILES string of the molecule is Clc1cc(-c2ccc3c(c2)oc2ccccc23)nc(-c2ccc3ccccc3n2)n1. The van der Waals surface area contributed by atoms with Gasteiger partial charge in [-0.3, -0.25) is 0 Å². The molecule has 6 aromatic rings. The Morgan fingerprint density at radius 2 is 1.47 bits per heavy atom. The molecule has 5 heteroatoms. The van der Waals surface area contributed by atoms with E-state index >= 15 is 0 Å². The van der Waals surface area contributed by atoms with Gasteiger partial charge >= 0.3 is 0 Å². The zero-order chi connectivity index (χ0) is 20.1. The predicted octanol–water partition coefficient (Wildman–Crippen LogP) is 6.91. The summed E-state index contributed by atoms with van der Waals surface area (Å²) >= 11 is 6.35. The van der Waals surface area contributed by atoms with Crippen LogP contribution in [0.4, 0.5) is 0 Å². The lowest BCUT2D eigenvalue weighted by Gasteiger charge is -2.06. The Kier molecular flexibility index (Phi) is 3.79. The van der Waals surface area contributed by atoms with Gasteiger partial charge in [-0.2, -0.15) is 0 Å². The van der Waals surface area contributed by atoms with Gasteiger partial charge in [0.05, 0.1) is 11.2 Å². The van der Waals surface area contributed by atoms with Gasteiger partial charge in [0.2, 0.25) is 0 Å². The summed E-state index contributed by atoms with van der Waals surface area (Å²) in [5.41, 5.74) is 4.89. The average molecular weight is 408 g/mol. The van der Waals surface area contributed by atoms with Crippen molar-refractivity contribution in [2.24, 2.45) is 0 Å². The first kappa shape index (κ1) is 17.1. The highest BCUT2D eigenvalue weighted by atomic mass is 35.5. The highest BCUT2D eigenvalue weighted by molar-refractivity contribution is 6.29. The van der Waals surface area contributed by atoms with Gasteiger partial charge in [0.25, 0.3) is 0 Å². The smallest absolute Gasteiger partial charge is 0.180 e. The van der Waals surface area contributed by atoms with Gasteiger partial charge in [-0.15, -0.1) is 0 Å². The highest BCUT2D eigenvalue weighted by Crippen LogP contribution is 2.32. The van der Waals surface area contributed by atoms with Crippen LogP contribution in [-0.2, 0) is 0 Å². The summed E-state index contributed by atoms with van der Waals surface area (Å²) in [4.78, 5) is 13.8. The maximum absolute atomic E-state index is 6.35. The topological polar surface area (TPSA) is 51.8 Å². The van der Waals surface area contributed by atoms with Crippen molar-refractivity contribution in [1.82, 2.24) is 15.0 Å². The fourth-order valence-electron chi connectivity index (χ4n) is 3.76. The molecule has 3 aromatic heterocycles. The Morgan fingerprint density at radius 3 is 2.43 bits per heavy atom. The van der Waals surface area contributed by atoms with Crippen molar-refractivity contribution in [3.63, 3.8) is 0 Å². The Bertz CT molecular complexity index is 1570. The van der Waals surface area contributed by atoms with Crippen LogP contribution in [-0.4, -0.2) is 15.0 Å². The molecule has 0 saturated heterocycles. The van der Waals surface area contributed by atoms with E-state index in [-0.39, 0.29) is 0 Å². The van der Waals surface area contributed by atoms with Crippen LogP contribution in [0.1, 0.15) is 0 Å². The minimum Gasteiger partial charge on any atom is -0.456 e. The molecule has 0 atom stereocenters. The molecule has 142 valence electrons. The second kappa shape index (κ2) is 6.65. The molecule has 0 amide bonds. The molecule has 0 spiro atoms. The van der Waals surface area contributed by atoms with Crippen molar-refractivity contribution in [1.29, 1.82) is 0 Å². The van der Waals surface area contributed by atoms with Crippen molar-refractivity contribution < 1.29 is 4.42 Å². The van der Waals surface area contributed by atoms with Crippen molar-refractivity contribution >= 4 is 44.4 Å². The molecular weight excluding hydrogens is 394 g/mol. The van der Waals surface area contributed by atoms with Gasteiger partial charge in [0.1, 0.15) is 22.0 Å². The second-order valence-electron chi connectivity index (χ2n) is 7.10. The van der Waals surface area contributed by atoms with E-state index in [1.165, 1.54) is 0 Å². The maximum atomic E-state index is 6.35. The number of furan rings is 1. The monoisotopic (exact) mass is 407 g/mol. The largest absolute Gasteiger partial charge is 0.456 e. The number of aromatic nitrogens is 3. The first-order valence-corrected chi connectivity index (χ1v) is 9.95. The summed E-state index contributed by atoms with van der Waals surface area (Å²) in [7, 11) is 0. The third-order valence-corrected chi connectivity index (χ3v) is 5.39. The molecular formula is C25H14ClN3O. The molecule has 0 fully saturated rings. The summed E-state index contributed by atoms with van der Waals surface area (Å²) in [5.74, 6) is 0.493. The van der Waals surface area contributed by atoms with Gasteiger partial charge < -0.3 is 4.42 Å². The first-order chi connectivity index (χ1) is 14.7. The molecule has 0 N–H and O–H groups in total. The Labute approximate surface area is 176 Å². The molecule has 0 radical (unpaired) electrons. The Morgan fingerprint density at radius 1 is 0.633 bits per heavy atom. The van der Waals surface area contributed by atoms with Crippen LogP contribution in [0.3, 0.4) is 0 Å². The number of hydrogen-bond donors (Lipinski definition) is 0. The second-order valence-corrected chi connectivity index (χ2v) is 7.49. The van der Waals surface area contributed by atoms with Gasteiger partial charge in [0, 0.05) is 27.8 Å². The van der Waals surface area contributed by atoms with E-state index in [0.29, 0.717) is 16.7 Å². The van der Waals surface area contributed by atoms with Crippen LogP contribution >= 0.6 is 11.6 Å². The molecule has 3 heterocycles. The lowest BCUT2D eigenvalue weighted by Crippen LogP contribution is -1.95. The standard InChI is InChI=1S/C25H14ClN3O/c26-24-14-21(16-9-11-18-17-6-2-4-8-22(17)30-23(18)13-16)28-25(29-24)20-12-10-15-5-1-3-7-19(15)27-20/h1-14H. The van der Waals surface area contributed by atoms with Crippen molar-refractivity contribution in [2.45, 2.75) is 0 Å². The van der Waals surface area contributed by atoms with Gasteiger partial charge in [-0.05, 0) is 30.3 Å². The Hall–Kier alpha value is -3.76. The molecule has 0 aliphatic rings. The molecule has 6 rings (SSSR count). The lowest BCUT2D eigenvalue weighted by atomic mass is 10.1. The number of rotatable bonds is 2. The van der Waals surface area contributed by atoms with E-state index < -0.39 is 0 Å². The summed E-state index contributed by atoms with van der Waals surface area (Å²) in [6.07, 6.45) is 0. The third kappa shape index (κ3) is 2.81. The van der Waals surface area contributed by atoms with Crippen LogP contribution in [0.2, 0.25) is 5.15 Å². The molecule has 0 aliphatic carbocycles. The van der Waals surface area contributed by atoms with Crippen LogP contribution in [0.5, 0.6) is 0 Å². The normalized spacial score (nSPS) is 11.5. The summed E-state index contributed by atoms with van der Waals surface area (Å²) in [6, 6.07) is 27.7. The third-order valence-electron chi connectivity index (χ3n) is 5.20. The molecule has 0 bridgehead atoms. The first-order valence-electron chi connectivity index (χ1n) is 9.57. The predicted molar refractivity (Wildman–Crippen MR) is 120 cm³/mol. The number of halogens is 1. The molecule has 3 aromatic carbocycles. The molecule has 0 unspecified atom stereocenters. The van der Waals surface area contributed by atoms with Crippen LogP contribution in [0.25, 0.3) is 55.6 Å². The quantitative estimate of drug-likeness (QED) is 0.292. The molecule has 30 heavy (non-hydrogen) atoms. The fraction of sp³-hybridized carbons (Fsp3) is 0. The van der Waals surface area contributed by atoms with Crippen LogP contribution < -0.4 is 0 Å². The fourth-order valence-corrected chi connectivity index (χ4v) is 3.94. The number of hydrogen-bond acceptors (Lipinski definition) is 4. The molecule has 4 nitrogen and oxygen atoms in total. The van der Waals surface area contributed by atoms with E-state index in [9.17, 15) is 0 Å². The average Bonchev–Trinajstić information content (AvgIpc) is 3.16. The minimum atomic E-state index is 0.370. The van der Waals surface area contributed by atoms with E-state index in [0.717, 1.165) is 44.1 Å². The number of fused-ring (bicyclic) bond motifs is 4. The van der Waals surface area contributed by atoms with Gasteiger partial charge in [0.15, 0.2) is 5.82 Å². The Balaban J connectivity index is 1.49. The van der Waals surface area contributed by atoms with Gasteiger partial charge in [-0.1, -0.05) is 60.1 Å². The van der Waals surface area contributed by atoms with E-state index in [1.807, 2.05) is 66.7 Å². The summed E-state index contributed by atoms with van der Waals surface area (Å²) < 4.78 is 6.02. The maximum Gasteiger partial charge on any atom is 0.180 e. The van der Waals surface area contributed by atoms with Crippen molar-refractivity contribution in [3.05, 3.63) is 90.1 Å². The summed E-state index contributed by atoms with van der Waals surface area (Å²) in [6.45, 7) is 0. The van der Waals surface area contributed by atoms with E-state index in [1.54, 1.807) is 6.07 Å². The highest BCUT2D eigenvalue weighted by Gasteiger charge is 2.12. The van der Waals surface area contributed by atoms with E-state index in [2.05, 4.69) is 17.1 Å². The number of pyridine rings is 1. The van der Waals surface area contributed by atoms with Crippen molar-refractivity contribution in [3.8, 4) is 22.8 Å². The zero-order valence-electron chi connectivity index (χ0n) is 15.7. The van der Waals surface area contributed by atoms with Crippen LogP contribution in [0, 0.1) is 0 Å². The number of para-hydroxylation sites is 2. The summed E-state index contributed by atoms with van der Waals surface area (Å²) in [5, 5.41) is 3.61.